The minimum Gasteiger partial charge on any atom is -0.445 e. The number of piperidine rings is 1. The van der Waals surface area contributed by atoms with E-state index in [0.29, 0.717) is 25.4 Å². The predicted molar refractivity (Wildman–Crippen MR) is 109 cm³/mol. The zero-order valence-corrected chi connectivity index (χ0v) is 17.5. The van der Waals surface area contributed by atoms with E-state index >= 15 is 0 Å². The largest absolute Gasteiger partial charge is 0.445 e. The van der Waals surface area contributed by atoms with Crippen LogP contribution >= 0.6 is 0 Å². The summed E-state index contributed by atoms with van der Waals surface area (Å²) in [4.78, 5) is 18.7. The normalized spacial score (nSPS) is 15.9. The van der Waals surface area contributed by atoms with Crippen LogP contribution in [-0.2, 0) is 21.1 Å². The lowest BCUT2D eigenvalue weighted by Crippen LogP contribution is -2.41. The number of oxazole rings is 1. The molecule has 0 radical (unpaired) electrons. The Morgan fingerprint density at radius 1 is 1.29 bits per heavy atom. The molecule has 3 rings (SSSR count). The van der Waals surface area contributed by atoms with Crippen LogP contribution in [0.3, 0.4) is 0 Å². The first kappa shape index (κ1) is 20.6. The third-order valence-corrected chi connectivity index (χ3v) is 7.89. The van der Waals surface area contributed by atoms with Crippen LogP contribution in [0.4, 0.5) is 0 Å². The molecule has 2 aromatic rings. The SMILES string of the molecule is Cc1cc(-c2ncco2)ccc1CC(=O)N1CCC(CS(=O)(=O)C(C)C)CC1. The van der Waals surface area contributed by atoms with Crippen LogP contribution in [0.2, 0.25) is 0 Å². The summed E-state index contributed by atoms with van der Waals surface area (Å²) in [6, 6.07) is 5.86. The Morgan fingerprint density at radius 2 is 2.00 bits per heavy atom. The summed E-state index contributed by atoms with van der Waals surface area (Å²) >= 11 is 0. The van der Waals surface area contributed by atoms with Crippen molar-refractivity contribution in [1.29, 1.82) is 0 Å². The Labute approximate surface area is 166 Å². The summed E-state index contributed by atoms with van der Waals surface area (Å²) in [5, 5.41) is -0.338. The molecule has 1 aromatic heterocycles. The van der Waals surface area contributed by atoms with Crippen LogP contribution in [0, 0.1) is 12.8 Å². The summed E-state index contributed by atoms with van der Waals surface area (Å²) < 4.78 is 29.5. The average Bonchev–Trinajstić information content (AvgIpc) is 3.18. The van der Waals surface area contributed by atoms with Crippen molar-refractivity contribution < 1.29 is 17.6 Å². The Hall–Kier alpha value is -2.15. The van der Waals surface area contributed by atoms with Crippen LogP contribution in [0.1, 0.15) is 37.8 Å². The second kappa shape index (κ2) is 8.47. The molecule has 1 aliphatic heterocycles. The van der Waals surface area contributed by atoms with E-state index in [4.69, 9.17) is 4.42 Å². The van der Waals surface area contributed by atoms with Crippen LogP contribution in [0.15, 0.2) is 35.1 Å². The first-order valence-electron chi connectivity index (χ1n) is 9.75. The number of hydrogen-bond donors (Lipinski definition) is 0. The quantitative estimate of drug-likeness (QED) is 0.738. The zero-order chi connectivity index (χ0) is 20.3. The van der Waals surface area contributed by atoms with Crippen molar-refractivity contribution in [3.05, 3.63) is 41.8 Å². The standard InChI is InChI=1S/C21H28N2O4S/c1-15(2)28(25,26)14-17-6-9-23(10-7-17)20(24)13-18-4-5-19(12-16(18)3)21-22-8-11-27-21/h4-5,8,11-12,15,17H,6-7,9-10,13-14H2,1-3H3. The number of rotatable bonds is 6. The number of carbonyl (C=O) groups excluding carboxylic acids is 1. The molecule has 0 saturated carbocycles. The number of carbonyl (C=O) groups is 1. The fourth-order valence-electron chi connectivity index (χ4n) is 3.54. The summed E-state index contributed by atoms with van der Waals surface area (Å²) in [5.74, 6) is 1.04. The van der Waals surface area contributed by atoms with Crippen molar-refractivity contribution in [2.75, 3.05) is 18.8 Å². The van der Waals surface area contributed by atoms with Crippen molar-refractivity contribution in [2.45, 2.75) is 45.3 Å². The molecule has 28 heavy (non-hydrogen) atoms. The van der Waals surface area contributed by atoms with E-state index in [1.165, 1.54) is 6.26 Å². The van der Waals surface area contributed by atoms with Gasteiger partial charge in [-0.2, -0.15) is 0 Å². The first-order chi connectivity index (χ1) is 13.3. The maximum absolute atomic E-state index is 12.7. The van der Waals surface area contributed by atoms with Gasteiger partial charge in [-0.15, -0.1) is 0 Å². The highest BCUT2D eigenvalue weighted by Gasteiger charge is 2.28. The highest BCUT2D eigenvalue weighted by Crippen LogP contribution is 2.24. The van der Waals surface area contributed by atoms with Gasteiger partial charge in [-0.1, -0.05) is 6.07 Å². The number of aryl methyl sites for hydroxylation is 1. The van der Waals surface area contributed by atoms with E-state index in [1.807, 2.05) is 30.0 Å². The molecular weight excluding hydrogens is 376 g/mol. The molecule has 0 spiro atoms. The first-order valence-corrected chi connectivity index (χ1v) is 11.5. The Bertz CT molecular complexity index is 912. The molecular formula is C21H28N2O4S. The number of sulfone groups is 1. The minimum atomic E-state index is -3.03. The molecule has 2 heterocycles. The molecule has 1 amide bonds. The van der Waals surface area contributed by atoms with Crippen LogP contribution in [0.5, 0.6) is 0 Å². The summed E-state index contributed by atoms with van der Waals surface area (Å²) in [7, 11) is -3.03. The number of amides is 1. The third kappa shape index (κ3) is 4.82. The van der Waals surface area contributed by atoms with Gasteiger partial charge in [0.05, 0.1) is 23.6 Å². The molecule has 0 aliphatic carbocycles. The molecule has 0 atom stereocenters. The van der Waals surface area contributed by atoms with Gasteiger partial charge < -0.3 is 9.32 Å². The van der Waals surface area contributed by atoms with Crippen molar-refractivity contribution in [3.63, 3.8) is 0 Å². The van der Waals surface area contributed by atoms with Crippen molar-refractivity contribution in [1.82, 2.24) is 9.88 Å². The summed E-state index contributed by atoms with van der Waals surface area (Å²) in [6.07, 6.45) is 5.00. The minimum absolute atomic E-state index is 0.0946. The maximum atomic E-state index is 12.7. The number of hydrogen-bond acceptors (Lipinski definition) is 5. The predicted octanol–water partition coefficient (Wildman–Crippen LogP) is 3.25. The summed E-state index contributed by atoms with van der Waals surface area (Å²) in [5.41, 5.74) is 2.91. The second-order valence-electron chi connectivity index (χ2n) is 7.86. The van der Waals surface area contributed by atoms with Crippen LogP contribution in [-0.4, -0.2) is 48.3 Å². The topological polar surface area (TPSA) is 80.5 Å². The van der Waals surface area contributed by atoms with Crippen molar-refractivity contribution >= 4 is 15.7 Å². The molecule has 152 valence electrons. The smallest absolute Gasteiger partial charge is 0.226 e. The molecule has 7 heteroatoms. The fraction of sp³-hybridized carbons (Fsp3) is 0.524. The van der Waals surface area contributed by atoms with Gasteiger partial charge in [0.2, 0.25) is 11.8 Å². The van der Waals surface area contributed by atoms with Gasteiger partial charge in [-0.25, -0.2) is 13.4 Å². The molecule has 1 aliphatic rings. The average molecular weight is 405 g/mol. The molecule has 1 fully saturated rings. The van der Waals surface area contributed by atoms with E-state index in [1.54, 1.807) is 20.0 Å². The van der Waals surface area contributed by atoms with Gasteiger partial charge in [0.1, 0.15) is 6.26 Å². The van der Waals surface area contributed by atoms with E-state index in [0.717, 1.165) is 29.5 Å². The van der Waals surface area contributed by atoms with Gasteiger partial charge in [0.15, 0.2) is 9.84 Å². The van der Waals surface area contributed by atoms with E-state index < -0.39 is 9.84 Å². The van der Waals surface area contributed by atoms with Gasteiger partial charge in [0, 0.05) is 18.7 Å². The molecule has 0 bridgehead atoms. The van der Waals surface area contributed by atoms with Crippen molar-refractivity contribution in [2.24, 2.45) is 5.92 Å². The van der Waals surface area contributed by atoms with Crippen LogP contribution in [0.25, 0.3) is 11.5 Å². The lowest BCUT2D eigenvalue weighted by atomic mass is 9.97. The fourth-order valence-corrected chi connectivity index (χ4v) is 4.91. The number of nitrogens with zero attached hydrogens (tertiary/aromatic N) is 2. The Morgan fingerprint density at radius 3 is 2.57 bits per heavy atom. The number of benzene rings is 1. The summed E-state index contributed by atoms with van der Waals surface area (Å²) in [6.45, 7) is 6.69. The lowest BCUT2D eigenvalue weighted by molar-refractivity contribution is -0.131. The van der Waals surface area contributed by atoms with Gasteiger partial charge in [-0.3, -0.25) is 4.79 Å². The van der Waals surface area contributed by atoms with Gasteiger partial charge in [-0.05, 0) is 62.8 Å². The number of likely N-dealkylation sites (tertiary alicyclic amines) is 1. The monoisotopic (exact) mass is 404 g/mol. The Balaban J connectivity index is 1.56. The zero-order valence-electron chi connectivity index (χ0n) is 16.7. The van der Waals surface area contributed by atoms with Gasteiger partial charge >= 0.3 is 0 Å². The van der Waals surface area contributed by atoms with E-state index in [2.05, 4.69) is 4.98 Å². The molecule has 1 aromatic carbocycles. The number of aromatic nitrogens is 1. The lowest BCUT2D eigenvalue weighted by Gasteiger charge is -2.32. The van der Waals surface area contributed by atoms with Crippen molar-refractivity contribution in [3.8, 4) is 11.5 Å². The molecule has 0 unspecified atom stereocenters. The highest BCUT2D eigenvalue weighted by atomic mass is 32.2. The highest BCUT2D eigenvalue weighted by molar-refractivity contribution is 7.91. The third-order valence-electron chi connectivity index (χ3n) is 5.52. The molecule has 1 saturated heterocycles. The Kier molecular flexibility index (Phi) is 6.23. The maximum Gasteiger partial charge on any atom is 0.226 e. The molecule has 0 N–H and O–H groups in total. The second-order valence-corrected chi connectivity index (χ2v) is 10.5. The molecule has 6 nitrogen and oxygen atoms in total. The van der Waals surface area contributed by atoms with E-state index in [-0.39, 0.29) is 22.8 Å². The van der Waals surface area contributed by atoms with Gasteiger partial charge in [0.25, 0.3) is 0 Å². The van der Waals surface area contributed by atoms with E-state index in [9.17, 15) is 13.2 Å². The van der Waals surface area contributed by atoms with Crippen LogP contribution < -0.4 is 0 Å².